The van der Waals surface area contributed by atoms with Gasteiger partial charge < -0.3 is 19.3 Å². The molecule has 2 aliphatic heterocycles. The van der Waals surface area contributed by atoms with Gasteiger partial charge in [0.1, 0.15) is 22.7 Å². The second kappa shape index (κ2) is 26.1. The van der Waals surface area contributed by atoms with Crippen molar-refractivity contribution in [2.24, 2.45) is 43.5 Å². The zero-order valence-electron chi connectivity index (χ0n) is 54.0. The highest BCUT2D eigenvalue weighted by Gasteiger charge is 2.55. The van der Waals surface area contributed by atoms with Crippen molar-refractivity contribution in [3.8, 4) is 0 Å². The second-order valence-electron chi connectivity index (χ2n) is 29.7. The van der Waals surface area contributed by atoms with Gasteiger partial charge in [0.15, 0.2) is 9.84 Å². The maximum Gasteiger partial charge on any atom is 0.338 e. The molecule has 462 valence electrons. The van der Waals surface area contributed by atoms with Gasteiger partial charge in [-0.2, -0.15) is 0 Å². The van der Waals surface area contributed by atoms with Crippen LogP contribution in [0.25, 0.3) is 0 Å². The normalized spacial score (nSPS) is 22.1. The molecule has 2 spiro atoms. The van der Waals surface area contributed by atoms with Crippen molar-refractivity contribution in [2.75, 3.05) is 6.26 Å². The molecule has 2 amide bonds. The van der Waals surface area contributed by atoms with Gasteiger partial charge in [-0.1, -0.05) is 148 Å². The van der Waals surface area contributed by atoms with Gasteiger partial charge in [-0.05, 0) is 198 Å². The third kappa shape index (κ3) is 16.6. The topological polar surface area (TPSA) is 152 Å². The fraction of sp³-hybridized carbons (Fsp3) is 0.577. The van der Waals surface area contributed by atoms with Crippen molar-refractivity contribution in [1.82, 2.24) is 9.80 Å². The van der Waals surface area contributed by atoms with E-state index >= 15 is 0 Å². The summed E-state index contributed by atoms with van der Waals surface area (Å²) >= 11 is 3.59. The molecule has 2 heterocycles. The Morgan fingerprint density at radius 2 is 0.918 bits per heavy atom. The maximum atomic E-state index is 14.6. The smallest absolute Gasteiger partial charge is 0.338 e. The van der Waals surface area contributed by atoms with Gasteiger partial charge in [-0.25, -0.2) is 18.0 Å². The van der Waals surface area contributed by atoms with Gasteiger partial charge in [0.2, 0.25) is 0 Å². The molecule has 8 rings (SSSR count). The lowest BCUT2D eigenvalue weighted by atomic mass is 9.69. The summed E-state index contributed by atoms with van der Waals surface area (Å²) in [6.45, 7) is 34.5. The summed E-state index contributed by atoms with van der Waals surface area (Å²) in [7, 11) is -3.46. The Hall–Kier alpha value is -5.47. The van der Waals surface area contributed by atoms with Crippen LogP contribution in [0.2, 0.25) is 0 Å². The average molecular weight is 1250 g/mol. The van der Waals surface area contributed by atoms with Gasteiger partial charge >= 0.3 is 11.9 Å². The molecule has 2 aliphatic carbocycles. The first-order valence-electron chi connectivity index (χ1n) is 31.0. The number of aliphatic imine (C=N–C) groups is 2. The number of ether oxygens (including phenoxy) is 2. The van der Waals surface area contributed by atoms with E-state index in [2.05, 4.69) is 104 Å². The van der Waals surface area contributed by atoms with E-state index in [1.54, 1.807) is 36.4 Å². The minimum Gasteiger partial charge on any atom is -0.459 e. The van der Waals surface area contributed by atoms with Crippen LogP contribution in [-0.4, -0.2) is 83.2 Å². The number of nitrogens with zero attached hydrogens (tertiary/aromatic N) is 4. The lowest BCUT2D eigenvalue weighted by Crippen LogP contribution is -2.51. The van der Waals surface area contributed by atoms with Crippen LogP contribution < -0.4 is 0 Å². The van der Waals surface area contributed by atoms with Crippen molar-refractivity contribution in [2.45, 2.75) is 228 Å². The molecular formula is C71H97BrN4O8S. The van der Waals surface area contributed by atoms with Crippen molar-refractivity contribution in [1.29, 1.82) is 0 Å². The highest BCUT2D eigenvalue weighted by atomic mass is 79.9. The quantitative estimate of drug-likeness (QED) is 0.107. The molecule has 14 heteroatoms. The number of carbonyl (C=O) groups excluding carboxylic acids is 4. The molecule has 4 aromatic rings. The van der Waals surface area contributed by atoms with Crippen LogP contribution in [0.5, 0.6) is 0 Å². The molecule has 4 aromatic carbocycles. The van der Waals surface area contributed by atoms with Crippen LogP contribution in [0, 0.1) is 33.5 Å². The Labute approximate surface area is 517 Å². The van der Waals surface area contributed by atoms with Crippen LogP contribution in [0.3, 0.4) is 0 Å². The molecular weight excluding hydrogens is 1150 g/mol. The molecule has 0 saturated heterocycles. The van der Waals surface area contributed by atoms with Crippen molar-refractivity contribution in [3.05, 3.63) is 135 Å². The molecule has 0 aromatic heterocycles. The number of esters is 2. The highest BCUT2D eigenvalue weighted by Crippen LogP contribution is 2.52. The summed E-state index contributed by atoms with van der Waals surface area (Å²) in [6.07, 6.45) is 11.3. The van der Waals surface area contributed by atoms with E-state index in [1.807, 2.05) is 93.3 Å². The first-order chi connectivity index (χ1) is 39.4. The number of sulfone groups is 1. The van der Waals surface area contributed by atoms with Gasteiger partial charge in [0.25, 0.3) is 11.8 Å². The molecule has 0 radical (unpaired) electrons. The summed E-state index contributed by atoms with van der Waals surface area (Å²) in [4.78, 5) is 69.2. The Kier molecular flexibility index (Phi) is 20.6. The van der Waals surface area contributed by atoms with E-state index in [0.29, 0.717) is 39.9 Å². The molecule has 2 fully saturated rings. The second-order valence-corrected chi connectivity index (χ2v) is 32.6. The predicted octanol–water partition coefficient (Wildman–Crippen LogP) is 16.9. The van der Waals surface area contributed by atoms with Crippen LogP contribution in [0.15, 0.2) is 116 Å². The van der Waals surface area contributed by atoms with Crippen LogP contribution >= 0.6 is 15.9 Å². The SMILES string of the molecule is CC(C)OC(=O)c1ccc([C@@H](CCC(C)(C)C)N2C(=O)C(c3cccc(Br)c3)=NC23CCC(C(C)(C)C)CC3)cc1.CC(C)OC(=O)c1ccc([C@@H](CCC(C)(C)C)N2C(=O)C(c3cccc(S(C)(=O)=O)c3)=NC23CCC(C(C)(C)C)CC3)cc1. The molecule has 12 nitrogen and oxygen atoms in total. The number of benzene rings is 4. The number of hydrogen-bond donors (Lipinski definition) is 0. The van der Waals surface area contributed by atoms with Gasteiger partial charge in [-0.15, -0.1) is 0 Å². The fourth-order valence-electron chi connectivity index (χ4n) is 12.8. The van der Waals surface area contributed by atoms with Crippen LogP contribution in [0.1, 0.15) is 243 Å². The third-order valence-electron chi connectivity index (χ3n) is 17.7. The van der Waals surface area contributed by atoms with E-state index in [-0.39, 0.29) is 74.6 Å². The Balaban J connectivity index is 0.000000244. The fourth-order valence-corrected chi connectivity index (χ4v) is 13.9. The van der Waals surface area contributed by atoms with Gasteiger partial charge in [0, 0.05) is 21.9 Å². The molecule has 4 aliphatic rings. The van der Waals surface area contributed by atoms with Crippen LogP contribution in [-0.2, 0) is 28.9 Å². The van der Waals surface area contributed by atoms with E-state index in [4.69, 9.17) is 19.5 Å². The number of carbonyl (C=O) groups is 4. The zero-order chi connectivity index (χ0) is 62.8. The maximum absolute atomic E-state index is 14.6. The number of halogens is 1. The van der Waals surface area contributed by atoms with Crippen LogP contribution in [0.4, 0.5) is 0 Å². The molecule has 0 N–H and O–H groups in total. The number of amides is 2. The largest absolute Gasteiger partial charge is 0.459 e. The molecule has 2 saturated carbocycles. The predicted molar refractivity (Wildman–Crippen MR) is 346 cm³/mol. The van der Waals surface area contributed by atoms with Crippen molar-refractivity contribution < 1.29 is 37.1 Å². The molecule has 0 bridgehead atoms. The summed E-state index contributed by atoms with van der Waals surface area (Å²) in [6, 6.07) is 29.2. The lowest BCUT2D eigenvalue weighted by molar-refractivity contribution is -0.134. The Morgan fingerprint density at radius 3 is 1.24 bits per heavy atom. The lowest BCUT2D eigenvalue weighted by Gasteiger charge is -2.47. The standard InChI is InChI=1S/C36H50N2O5S.C35H47BrN2O3/c1-24(2)43-33(40)26-15-13-25(14-16-26)30(19-20-34(3,4)5)38-32(39)31(27-11-10-12-29(23-27)44(9,41)42)37-36(38)21-17-28(18-22-36)35(6,7)8;1-23(2)41-32(40)25-14-12-24(13-15-25)29(18-19-33(3,4)5)38-31(39)30(26-10-9-11-28(36)22-26)37-35(38)20-16-27(17-21-35)34(6,7)8/h10-16,23-24,28,30H,17-22H2,1-9H3;9-15,22-23,27,29H,16-21H2,1-8H3/t28?,30-,36?;27?,29-,35?/m11/s1. The number of rotatable bonds is 15. The Morgan fingerprint density at radius 1 is 0.565 bits per heavy atom. The molecule has 0 unspecified atom stereocenters. The highest BCUT2D eigenvalue weighted by molar-refractivity contribution is 9.10. The molecule has 85 heavy (non-hydrogen) atoms. The van der Waals surface area contributed by atoms with Crippen molar-refractivity contribution >= 4 is 60.9 Å². The first kappa shape index (κ1) is 67.0. The minimum atomic E-state index is -3.46. The first-order valence-corrected chi connectivity index (χ1v) is 33.6. The van der Waals surface area contributed by atoms with Gasteiger partial charge in [-0.3, -0.25) is 19.6 Å². The number of hydrogen-bond acceptors (Lipinski definition) is 10. The van der Waals surface area contributed by atoms with Gasteiger partial charge in [0.05, 0.1) is 40.3 Å². The Bertz CT molecular complexity index is 3210. The summed E-state index contributed by atoms with van der Waals surface area (Å²) in [5, 5.41) is 0. The summed E-state index contributed by atoms with van der Waals surface area (Å²) < 4.78 is 36.6. The third-order valence-corrected chi connectivity index (χ3v) is 19.3. The minimum absolute atomic E-state index is 0.000452. The monoisotopic (exact) mass is 1240 g/mol. The van der Waals surface area contributed by atoms with E-state index in [9.17, 15) is 27.6 Å². The summed E-state index contributed by atoms with van der Waals surface area (Å²) in [5.41, 5.74) is 4.44. The zero-order valence-corrected chi connectivity index (χ0v) is 56.4. The molecule has 2 atom stereocenters. The average Bonchev–Trinajstić information content (AvgIpc) is 1.93. The van der Waals surface area contributed by atoms with E-state index in [0.717, 1.165) is 98.2 Å². The van der Waals surface area contributed by atoms with E-state index in [1.165, 1.54) is 6.26 Å². The van der Waals surface area contributed by atoms with E-state index < -0.39 is 21.2 Å². The summed E-state index contributed by atoms with van der Waals surface area (Å²) in [5.74, 6) is 0.230. The van der Waals surface area contributed by atoms with Crippen molar-refractivity contribution in [3.63, 3.8) is 0 Å².